The van der Waals surface area contributed by atoms with Crippen LogP contribution >= 0.6 is 0 Å². The molecule has 7 heteroatoms. The highest BCUT2D eigenvalue weighted by atomic mass is 16.5. The Kier molecular flexibility index (Phi) is 6.85. The van der Waals surface area contributed by atoms with Gasteiger partial charge in [0.15, 0.2) is 5.82 Å². The fourth-order valence-electron chi connectivity index (χ4n) is 4.41. The molecule has 2 N–H and O–H groups in total. The Labute approximate surface area is 161 Å². The molecule has 150 valence electrons. The van der Waals surface area contributed by atoms with Crippen LogP contribution in [-0.2, 0) is 21.5 Å². The third kappa shape index (κ3) is 5.53. The summed E-state index contributed by atoms with van der Waals surface area (Å²) in [4.78, 5) is 28.4. The summed E-state index contributed by atoms with van der Waals surface area (Å²) in [6.07, 6.45) is 11.8. The van der Waals surface area contributed by atoms with Crippen molar-refractivity contribution in [2.75, 3.05) is 6.54 Å². The Morgan fingerprint density at radius 3 is 2.48 bits per heavy atom. The Morgan fingerprint density at radius 1 is 1.11 bits per heavy atom. The van der Waals surface area contributed by atoms with Gasteiger partial charge in [0.25, 0.3) is 0 Å². The van der Waals surface area contributed by atoms with Gasteiger partial charge >= 0.3 is 0 Å². The van der Waals surface area contributed by atoms with E-state index in [1.54, 1.807) is 0 Å². The molecule has 0 aromatic carbocycles. The molecule has 2 aliphatic rings. The summed E-state index contributed by atoms with van der Waals surface area (Å²) in [5.41, 5.74) is -0.533. The minimum Gasteiger partial charge on any atom is -0.356 e. The van der Waals surface area contributed by atoms with Crippen LogP contribution in [0.5, 0.6) is 0 Å². The van der Waals surface area contributed by atoms with E-state index in [0.29, 0.717) is 30.5 Å². The van der Waals surface area contributed by atoms with Crippen molar-refractivity contribution in [3.63, 3.8) is 0 Å². The van der Waals surface area contributed by atoms with Crippen LogP contribution in [0.4, 0.5) is 0 Å². The van der Waals surface area contributed by atoms with E-state index in [1.807, 2.05) is 0 Å². The molecular weight excluding hydrogens is 344 g/mol. The van der Waals surface area contributed by atoms with Crippen molar-refractivity contribution in [1.29, 1.82) is 0 Å². The third-order valence-electron chi connectivity index (χ3n) is 5.90. The first-order valence-electron chi connectivity index (χ1n) is 10.5. The molecule has 0 atom stereocenters. The molecule has 2 fully saturated rings. The number of aromatic nitrogens is 2. The Balaban J connectivity index is 1.55. The highest BCUT2D eigenvalue weighted by Crippen LogP contribution is 2.34. The lowest BCUT2D eigenvalue weighted by atomic mass is 9.89. The zero-order valence-corrected chi connectivity index (χ0v) is 16.4. The monoisotopic (exact) mass is 376 g/mol. The summed E-state index contributed by atoms with van der Waals surface area (Å²) < 4.78 is 5.40. The second-order valence-corrected chi connectivity index (χ2v) is 8.14. The van der Waals surface area contributed by atoms with Crippen molar-refractivity contribution < 1.29 is 14.1 Å². The molecule has 3 rings (SSSR count). The largest absolute Gasteiger partial charge is 0.356 e. The highest BCUT2D eigenvalue weighted by Gasteiger charge is 2.38. The summed E-state index contributed by atoms with van der Waals surface area (Å²) in [6.45, 7) is 2.31. The van der Waals surface area contributed by atoms with Crippen molar-refractivity contribution in [3.05, 3.63) is 11.7 Å². The Bertz CT molecular complexity index is 629. The number of hydrogen-bond donors (Lipinski definition) is 2. The summed E-state index contributed by atoms with van der Waals surface area (Å²) in [7, 11) is 0. The van der Waals surface area contributed by atoms with Crippen molar-refractivity contribution in [2.24, 2.45) is 5.92 Å². The fraction of sp³-hybridized carbons (Fsp3) is 0.800. The predicted molar refractivity (Wildman–Crippen MR) is 101 cm³/mol. The van der Waals surface area contributed by atoms with Gasteiger partial charge in [-0.05, 0) is 31.6 Å². The average molecular weight is 377 g/mol. The Hall–Kier alpha value is -1.92. The smallest absolute Gasteiger partial charge is 0.227 e. The zero-order chi connectivity index (χ0) is 19.1. The van der Waals surface area contributed by atoms with Crippen LogP contribution in [0.3, 0.4) is 0 Å². The maximum Gasteiger partial charge on any atom is 0.227 e. The second kappa shape index (κ2) is 9.33. The van der Waals surface area contributed by atoms with Crippen LogP contribution in [-0.4, -0.2) is 28.5 Å². The molecule has 1 aromatic heterocycles. The van der Waals surface area contributed by atoms with E-state index >= 15 is 0 Å². The summed E-state index contributed by atoms with van der Waals surface area (Å²) in [5, 5.41) is 10.3. The molecule has 0 bridgehead atoms. The van der Waals surface area contributed by atoms with Crippen LogP contribution in [0.25, 0.3) is 0 Å². The average Bonchev–Trinajstić information content (AvgIpc) is 3.28. The first-order valence-corrected chi connectivity index (χ1v) is 10.5. The van der Waals surface area contributed by atoms with E-state index in [4.69, 9.17) is 4.52 Å². The SMILES string of the molecule is CC(=O)NC1(c2noc(CCC(=O)NCC3CCCC3)n2)CCCCCC1. The van der Waals surface area contributed by atoms with E-state index in [-0.39, 0.29) is 11.8 Å². The van der Waals surface area contributed by atoms with Gasteiger partial charge in [-0.25, -0.2) is 0 Å². The van der Waals surface area contributed by atoms with E-state index in [1.165, 1.54) is 32.6 Å². The molecule has 0 spiro atoms. The van der Waals surface area contributed by atoms with Gasteiger partial charge in [0, 0.05) is 26.3 Å². The van der Waals surface area contributed by atoms with Gasteiger partial charge < -0.3 is 15.2 Å². The van der Waals surface area contributed by atoms with Crippen molar-refractivity contribution in [1.82, 2.24) is 20.8 Å². The van der Waals surface area contributed by atoms with Gasteiger partial charge in [0.1, 0.15) is 5.54 Å². The molecule has 7 nitrogen and oxygen atoms in total. The molecule has 2 amide bonds. The molecule has 0 aliphatic heterocycles. The summed E-state index contributed by atoms with van der Waals surface area (Å²) >= 11 is 0. The minimum absolute atomic E-state index is 0.0349. The summed E-state index contributed by atoms with van der Waals surface area (Å²) in [6, 6.07) is 0. The lowest BCUT2D eigenvalue weighted by Crippen LogP contribution is -2.45. The van der Waals surface area contributed by atoms with Crippen LogP contribution in [0, 0.1) is 5.92 Å². The molecule has 1 aromatic rings. The van der Waals surface area contributed by atoms with Crippen molar-refractivity contribution in [3.8, 4) is 0 Å². The first-order chi connectivity index (χ1) is 13.1. The van der Waals surface area contributed by atoms with E-state index in [0.717, 1.165) is 45.1 Å². The number of rotatable bonds is 7. The van der Waals surface area contributed by atoms with Crippen LogP contribution in [0.15, 0.2) is 4.52 Å². The lowest BCUT2D eigenvalue weighted by Gasteiger charge is -2.30. The lowest BCUT2D eigenvalue weighted by molar-refractivity contribution is -0.122. The zero-order valence-electron chi connectivity index (χ0n) is 16.4. The number of amides is 2. The summed E-state index contributed by atoms with van der Waals surface area (Å²) in [5.74, 6) is 1.62. The molecular formula is C20H32N4O3. The number of carbonyl (C=O) groups is 2. The van der Waals surface area contributed by atoms with Gasteiger partial charge in [-0.1, -0.05) is 43.7 Å². The van der Waals surface area contributed by atoms with Crippen LogP contribution in [0.1, 0.15) is 89.3 Å². The van der Waals surface area contributed by atoms with Crippen LogP contribution < -0.4 is 10.6 Å². The number of hydrogen-bond acceptors (Lipinski definition) is 5. The van der Waals surface area contributed by atoms with Gasteiger partial charge in [-0.3, -0.25) is 9.59 Å². The molecule has 1 heterocycles. The quantitative estimate of drug-likeness (QED) is 0.713. The minimum atomic E-state index is -0.533. The number of nitrogens with one attached hydrogen (secondary N) is 2. The topological polar surface area (TPSA) is 97.1 Å². The molecule has 27 heavy (non-hydrogen) atoms. The van der Waals surface area contributed by atoms with Crippen molar-refractivity contribution in [2.45, 2.75) is 89.5 Å². The third-order valence-corrected chi connectivity index (χ3v) is 5.90. The molecule has 2 saturated carbocycles. The Morgan fingerprint density at radius 2 is 1.81 bits per heavy atom. The van der Waals surface area contributed by atoms with Gasteiger partial charge in [-0.2, -0.15) is 4.98 Å². The van der Waals surface area contributed by atoms with E-state index in [9.17, 15) is 9.59 Å². The molecule has 0 saturated heterocycles. The number of nitrogens with zero attached hydrogens (tertiary/aromatic N) is 2. The molecule has 2 aliphatic carbocycles. The number of aryl methyl sites for hydroxylation is 1. The maximum atomic E-state index is 12.1. The number of carbonyl (C=O) groups excluding carboxylic acids is 2. The first kappa shape index (κ1) is 19.8. The van der Waals surface area contributed by atoms with E-state index < -0.39 is 5.54 Å². The van der Waals surface area contributed by atoms with E-state index in [2.05, 4.69) is 20.8 Å². The van der Waals surface area contributed by atoms with Gasteiger partial charge in [0.05, 0.1) is 0 Å². The molecule has 0 unspecified atom stereocenters. The van der Waals surface area contributed by atoms with Gasteiger partial charge in [0.2, 0.25) is 17.7 Å². The normalized spacial score (nSPS) is 20.2. The predicted octanol–water partition coefficient (Wildman–Crippen LogP) is 2.99. The standard InChI is InChI=1S/C20H32N4O3/c1-15(25)23-20(12-6-2-3-7-13-20)19-22-18(27-24-19)11-10-17(26)21-14-16-8-4-5-9-16/h16H,2-14H2,1H3,(H,21,26)(H,23,25). The molecule has 0 radical (unpaired) electrons. The van der Waals surface area contributed by atoms with Gasteiger partial charge in [-0.15, -0.1) is 0 Å². The van der Waals surface area contributed by atoms with Crippen molar-refractivity contribution >= 4 is 11.8 Å². The van der Waals surface area contributed by atoms with Crippen LogP contribution in [0.2, 0.25) is 0 Å². The maximum absolute atomic E-state index is 12.1. The fourth-order valence-corrected chi connectivity index (χ4v) is 4.41. The highest BCUT2D eigenvalue weighted by molar-refractivity contribution is 5.76. The second-order valence-electron chi connectivity index (χ2n) is 8.14.